The van der Waals surface area contributed by atoms with Crippen LogP contribution in [-0.4, -0.2) is 22.8 Å². The molecule has 0 fully saturated rings. The van der Waals surface area contributed by atoms with Gasteiger partial charge >= 0.3 is 0 Å². The molecule has 1 heterocycles. The van der Waals surface area contributed by atoms with Crippen molar-refractivity contribution in [1.82, 2.24) is 10.3 Å². The minimum atomic E-state index is -0.804. The predicted molar refractivity (Wildman–Crippen MR) is 100 cm³/mol. The van der Waals surface area contributed by atoms with Crippen molar-refractivity contribution in [3.63, 3.8) is 0 Å². The number of aromatic nitrogens is 1. The molecule has 0 aliphatic heterocycles. The number of carbonyl (C=O) groups is 2. The molecule has 1 aromatic heterocycles. The Hall–Kier alpha value is -2.73. The first kappa shape index (κ1) is 17.1. The highest BCUT2D eigenvalue weighted by Gasteiger charge is 2.20. The van der Waals surface area contributed by atoms with Gasteiger partial charge in [-0.15, -0.1) is 0 Å². The minimum Gasteiger partial charge on any atom is -0.368 e. The van der Waals surface area contributed by atoms with Gasteiger partial charge < -0.3 is 11.1 Å². The van der Waals surface area contributed by atoms with E-state index in [0.29, 0.717) is 6.42 Å². The fourth-order valence-electron chi connectivity index (χ4n) is 2.50. The zero-order valence-electron chi connectivity index (χ0n) is 13.3. The molecule has 3 N–H and O–H groups in total. The molecule has 6 heteroatoms. The number of para-hydroxylation sites is 1. The molecule has 0 saturated heterocycles. The summed E-state index contributed by atoms with van der Waals surface area (Å²) in [5, 5.41) is 3.62. The highest BCUT2D eigenvalue weighted by molar-refractivity contribution is 9.10. The quantitative estimate of drug-likeness (QED) is 0.693. The second kappa shape index (κ2) is 7.44. The number of benzene rings is 2. The molecule has 0 unspecified atom stereocenters. The molecule has 3 rings (SSSR count). The summed E-state index contributed by atoms with van der Waals surface area (Å²) in [6, 6.07) is 17.7. The molecule has 126 valence electrons. The highest BCUT2D eigenvalue weighted by atomic mass is 79.9. The van der Waals surface area contributed by atoms with Gasteiger partial charge in [0.2, 0.25) is 5.91 Å². The summed E-state index contributed by atoms with van der Waals surface area (Å²) in [4.78, 5) is 28.5. The standard InChI is InChI=1S/C19H16BrN3O2/c20-14-8-5-12(6-9-14)11-17(18(21)24)23-19(25)16-10-7-13-3-1-2-4-15(13)22-16/h1-10,17H,11H2,(H2,21,24)(H,23,25)/t17-/m1/s1. The molecule has 5 nitrogen and oxygen atoms in total. The summed E-state index contributed by atoms with van der Waals surface area (Å²) in [5.74, 6) is -1.01. The number of hydrogen-bond acceptors (Lipinski definition) is 3. The number of nitrogens with two attached hydrogens (primary N) is 1. The Bertz CT molecular complexity index is 925. The zero-order chi connectivity index (χ0) is 17.8. The average Bonchev–Trinajstić information content (AvgIpc) is 2.62. The van der Waals surface area contributed by atoms with E-state index >= 15 is 0 Å². The van der Waals surface area contributed by atoms with Crippen LogP contribution >= 0.6 is 15.9 Å². The zero-order valence-corrected chi connectivity index (χ0v) is 14.9. The number of fused-ring (bicyclic) bond motifs is 1. The molecule has 2 amide bonds. The summed E-state index contributed by atoms with van der Waals surface area (Å²) in [7, 11) is 0. The van der Waals surface area contributed by atoms with Gasteiger partial charge in [0.25, 0.3) is 5.91 Å². The van der Waals surface area contributed by atoms with Gasteiger partial charge in [-0.2, -0.15) is 0 Å². The summed E-state index contributed by atoms with van der Waals surface area (Å²) < 4.78 is 0.941. The molecule has 0 aliphatic carbocycles. The van der Waals surface area contributed by atoms with E-state index in [2.05, 4.69) is 26.2 Å². The van der Waals surface area contributed by atoms with Crippen LogP contribution in [0.3, 0.4) is 0 Å². The monoisotopic (exact) mass is 397 g/mol. The molecule has 1 atom stereocenters. The molecule has 0 bridgehead atoms. The SMILES string of the molecule is NC(=O)[C@@H](Cc1ccc(Br)cc1)NC(=O)c1ccc2ccccc2n1. The second-order valence-electron chi connectivity index (χ2n) is 5.65. The van der Waals surface area contributed by atoms with E-state index in [9.17, 15) is 9.59 Å². The van der Waals surface area contributed by atoms with Crippen molar-refractivity contribution in [2.45, 2.75) is 12.5 Å². The molecule has 25 heavy (non-hydrogen) atoms. The third kappa shape index (κ3) is 4.22. The molecule has 3 aromatic rings. The third-order valence-corrected chi connectivity index (χ3v) is 4.36. The van der Waals surface area contributed by atoms with Crippen molar-refractivity contribution in [1.29, 1.82) is 0 Å². The van der Waals surface area contributed by atoms with E-state index in [1.165, 1.54) is 0 Å². The predicted octanol–water partition coefficient (Wildman–Crippen LogP) is 2.82. The first-order valence-electron chi connectivity index (χ1n) is 7.73. The van der Waals surface area contributed by atoms with Crippen LogP contribution in [0.4, 0.5) is 0 Å². The normalized spacial score (nSPS) is 11.9. The maximum absolute atomic E-state index is 12.5. The van der Waals surface area contributed by atoms with Crippen LogP contribution in [0.15, 0.2) is 65.1 Å². The number of primary amides is 1. The lowest BCUT2D eigenvalue weighted by atomic mass is 10.1. The summed E-state index contributed by atoms with van der Waals surface area (Å²) in [6.45, 7) is 0. The van der Waals surface area contributed by atoms with Crippen LogP contribution in [0.25, 0.3) is 10.9 Å². The van der Waals surface area contributed by atoms with Crippen molar-refractivity contribution >= 4 is 38.6 Å². The Morgan fingerprint density at radius 3 is 2.48 bits per heavy atom. The topological polar surface area (TPSA) is 85.1 Å². The number of carbonyl (C=O) groups excluding carboxylic acids is 2. The Morgan fingerprint density at radius 1 is 1.04 bits per heavy atom. The maximum atomic E-state index is 12.5. The van der Waals surface area contributed by atoms with Crippen molar-refractivity contribution < 1.29 is 9.59 Å². The highest BCUT2D eigenvalue weighted by Crippen LogP contribution is 2.14. The molecule has 2 aromatic carbocycles. The number of amides is 2. The van der Waals surface area contributed by atoms with Crippen molar-refractivity contribution in [2.75, 3.05) is 0 Å². The van der Waals surface area contributed by atoms with E-state index in [-0.39, 0.29) is 5.69 Å². The molecule has 0 radical (unpaired) electrons. The van der Waals surface area contributed by atoms with Gasteiger partial charge in [0.1, 0.15) is 11.7 Å². The van der Waals surface area contributed by atoms with Gasteiger partial charge in [0, 0.05) is 16.3 Å². The fraction of sp³-hybridized carbons (Fsp3) is 0.105. The lowest BCUT2D eigenvalue weighted by molar-refractivity contribution is -0.119. The third-order valence-electron chi connectivity index (χ3n) is 3.83. The first-order chi connectivity index (χ1) is 12.0. The number of hydrogen-bond donors (Lipinski definition) is 2. The van der Waals surface area contributed by atoms with Crippen LogP contribution in [0, 0.1) is 0 Å². The summed E-state index contributed by atoms with van der Waals surface area (Å²) in [6.07, 6.45) is 0.321. The minimum absolute atomic E-state index is 0.251. The van der Waals surface area contributed by atoms with Gasteiger partial charge in [-0.3, -0.25) is 9.59 Å². The number of halogens is 1. The number of nitrogens with one attached hydrogen (secondary N) is 1. The molecular weight excluding hydrogens is 382 g/mol. The van der Waals surface area contributed by atoms with Gasteiger partial charge in [-0.05, 0) is 29.8 Å². The maximum Gasteiger partial charge on any atom is 0.270 e. The van der Waals surface area contributed by atoms with Crippen molar-refractivity contribution in [3.05, 3.63) is 76.4 Å². The Balaban J connectivity index is 1.77. The first-order valence-corrected chi connectivity index (χ1v) is 8.52. The van der Waals surface area contributed by atoms with Crippen LogP contribution < -0.4 is 11.1 Å². The summed E-state index contributed by atoms with van der Waals surface area (Å²) in [5.41, 5.74) is 7.32. The fourth-order valence-corrected chi connectivity index (χ4v) is 2.77. The smallest absolute Gasteiger partial charge is 0.270 e. The van der Waals surface area contributed by atoms with Crippen LogP contribution in [-0.2, 0) is 11.2 Å². The molecule has 0 saturated carbocycles. The second-order valence-corrected chi connectivity index (χ2v) is 6.56. The van der Waals surface area contributed by atoms with Gasteiger partial charge in [0.15, 0.2) is 0 Å². The van der Waals surface area contributed by atoms with Gasteiger partial charge in [-0.25, -0.2) is 4.98 Å². The number of pyridine rings is 1. The van der Waals surface area contributed by atoms with Gasteiger partial charge in [0.05, 0.1) is 5.52 Å². The molecular formula is C19H16BrN3O2. The summed E-state index contributed by atoms with van der Waals surface area (Å²) >= 11 is 3.36. The Morgan fingerprint density at radius 2 is 1.76 bits per heavy atom. The Labute approximate surface area is 153 Å². The average molecular weight is 398 g/mol. The largest absolute Gasteiger partial charge is 0.368 e. The Kier molecular flexibility index (Phi) is 5.09. The van der Waals surface area contributed by atoms with E-state index < -0.39 is 17.9 Å². The van der Waals surface area contributed by atoms with E-state index in [1.54, 1.807) is 6.07 Å². The van der Waals surface area contributed by atoms with Crippen LogP contribution in [0.5, 0.6) is 0 Å². The van der Waals surface area contributed by atoms with Crippen molar-refractivity contribution in [3.8, 4) is 0 Å². The van der Waals surface area contributed by atoms with Crippen LogP contribution in [0.2, 0.25) is 0 Å². The molecule has 0 aliphatic rings. The lowest BCUT2D eigenvalue weighted by Crippen LogP contribution is -2.46. The van der Waals surface area contributed by atoms with Gasteiger partial charge in [-0.1, -0.05) is 52.3 Å². The van der Waals surface area contributed by atoms with E-state index in [1.807, 2.05) is 54.6 Å². The van der Waals surface area contributed by atoms with E-state index in [4.69, 9.17) is 5.73 Å². The van der Waals surface area contributed by atoms with Crippen LogP contribution in [0.1, 0.15) is 16.1 Å². The number of rotatable bonds is 5. The molecule has 0 spiro atoms. The van der Waals surface area contributed by atoms with Crippen molar-refractivity contribution in [2.24, 2.45) is 5.73 Å². The lowest BCUT2D eigenvalue weighted by Gasteiger charge is -2.15. The van der Waals surface area contributed by atoms with E-state index in [0.717, 1.165) is 20.9 Å². The number of nitrogens with zero attached hydrogens (tertiary/aromatic N) is 1.